The van der Waals surface area contributed by atoms with Crippen LogP contribution in [0.2, 0.25) is 0 Å². The molecule has 1 aliphatic rings. The van der Waals surface area contributed by atoms with Crippen LogP contribution in [0.3, 0.4) is 0 Å². The van der Waals surface area contributed by atoms with E-state index in [1.807, 2.05) is 0 Å². The average Bonchev–Trinajstić information content (AvgIpc) is 2.65. The molecule has 0 bridgehead atoms. The van der Waals surface area contributed by atoms with Crippen LogP contribution in [0, 0.1) is 5.82 Å². The van der Waals surface area contributed by atoms with Gasteiger partial charge in [0.2, 0.25) is 0 Å². The normalized spacial score (nSPS) is 25.5. The number of β-amino-alcohol motifs (C(OH)–C–C–N with tert-alkyl or cyclic N) is 1. The molecule has 15 heavy (non-hydrogen) atoms. The Hall–Kier alpha value is -1.13. The predicted molar refractivity (Wildman–Crippen MR) is 54.3 cm³/mol. The fourth-order valence-corrected chi connectivity index (χ4v) is 1.60. The Morgan fingerprint density at radius 1 is 1.40 bits per heavy atom. The van der Waals surface area contributed by atoms with Crippen LogP contribution in [0.25, 0.3) is 0 Å². The van der Waals surface area contributed by atoms with Gasteiger partial charge in [0, 0.05) is 6.54 Å². The van der Waals surface area contributed by atoms with Gasteiger partial charge in [-0.1, -0.05) is 0 Å². The quantitative estimate of drug-likeness (QED) is 0.781. The number of halogens is 1. The molecule has 0 radical (unpaired) electrons. The molecule has 0 aliphatic carbocycles. The van der Waals surface area contributed by atoms with Crippen LogP contribution >= 0.6 is 0 Å². The van der Waals surface area contributed by atoms with Gasteiger partial charge in [0.05, 0.1) is 0 Å². The van der Waals surface area contributed by atoms with Crippen molar-refractivity contribution < 1.29 is 14.2 Å². The van der Waals surface area contributed by atoms with Crippen molar-refractivity contribution in [2.45, 2.75) is 12.0 Å². The molecule has 1 atom stereocenters. The summed E-state index contributed by atoms with van der Waals surface area (Å²) in [6.07, 6.45) is 0.689. The fourth-order valence-electron chi connectivity index (χ4n) is 1.60. The largest absolute Gasteiger partial charge is 0.491 e. The number of ether oxygens (including phenoxy) is 1. The Bertz CT molecular complexity index is 320. The fraction of sp³-hybridized carbons (Fsp3) is 0.455. The zero-order valence-electron chi connectivity index (χ0n) is 8.37. The van der Waals surface area contributed by atoms with Gasteiger partial charge in [-0.3, -0.25) is 0 Å². The highest BCUT2D eigenvalue weighted by atomic mass is 19.1. The van der Waals surface area contributed by atoms with Gasteiger partial charge in [0.1, 0.15) is 23.8 Å². The molecule has 82 valence electrons. The summed E-state index contributed by atoms with van der Waals surface area (Å²) < 4.78 is 18.0. The molecule has 2 N–H and O–H groups in total. The van der Waals surface area contributed by atoms with E-state index in [9.17, 15) is 9.50 Å². The summed E-state index contributed by atoms with van der Waals surface area (Å²) >= 11 is 0. The van der Waals surface area contributed by atoms with Crippen LogP contribution in [-0.4, -0.2) is 30.4 Å². The van der Waals surface area contributed by atoms with Crippen molar-refractivity contribution in [2.75, 3.05) is 19.7 Å². The minimum atomic E-state index is -0.783. The minimum absolute atomic E-state index is 0.242. The molecule has 1 heterocycles. The lowest BCUT2D eigenvalue weighted by molar-refractivity contribution is 0.0130. The Balaban J connectivity index is 1.90. The number of nitrogens with one attached hydrogen (secondary N) is 1. The van der Waals surface area contributed by atoms with Gasteiger partial charge in [-0.25, -0.2) is 4.39 Å². The lowest BCUT2D eigenvalue weighted by Gasteiger charge is -2.21. The smallest absolute Gasteiger partial charge is 0.123 e. The van der Waals surface area contributed by atoms with E-state index in [1.165, 1.54) is 12.1 Å². The topological polar surface area (TPSA) is 41.5 Å². The van der Waals surface area contributed by atoms with E-state index in [0.29, 0.717) is 18.7 Å². The molecule has 3 nitrogen and oxygen atoms in total. The van der Waals surface area contributed by atoms with Gasteiger partial charge in [-0.2, -0.15) is 0 Å². The first-order valence-electron chi connectivity index (χ1n) is 4.99. The molecule has 1 aromatic rings. The maximum absolute atomic E-state index is 12.6. The Morgan fingerprint density at radius 3 is 2.73 bits per heavy atom. The second kappa shape index (κ2) is 4.16. The van der Waals surface area contributed by atoms with Gasteiger partial charge < -0.3 is 15.2 Å². The SMILES string of the molecule is O[C@]1(COc2ccc(F)cc2)CCNC1. The summed E-state index contributed by atoms with van der Waals surface area (Å²) in [7, 11) is 0. The summed E-state index contributed by atoms with van der Waals surface area (Å²) in [5, 5.41) is 13.0. The monoisotopic (exact) mass is 211 g/mol. The maximum Gasteiger partial charge on any atom is 0.123 e. The van der Waals surface area contributed by atoms with Crippen LogP contribution in [0.4, 0.5) is 4.39 Å². The Labute approximate surface area is 87.9 Å². The lowest BCUT2D eigenvalue weighted by Crippen LogP contribution is -2.38. The molecule has 1 aromatic carbocycles. The predicted octanol–water partition coefficient (Wildman–Crippen LogP) is 0.929. The first-order chi connectivity index (χ1) is 7.18. The molecule has 1 aliphatic heterocycles. The number of hydrogen-bond acceptors (Lipinski definition) is 3. The van der Waals surface area contributed by atoms with Crippen molar-refractivity contribution in [3.05, 3.63) is 30.1 Å². The summed E-state index contributed by atoms with van der Waals surface area (Å²) in [4.78, 5) is 0. The summed E-state index contributed by atoms with van der Waals surface area (Å²) in [5.41, 5.74) is -0.783. The molecule has 0 unspecified atom stereocenters. The van der Waals surface area contributed by atoms with E-state index >= 15 is 0 Å². The van der Waals surface area contributed by atoms with Crippen molar-refractivity contribution in [3.63, 3.8) is 0 Å². The molecule has 0 amide bonds. The van der Waals surface area contributed by atoms with Crippen LogP contribution in [-0.2, 0) is 0 Å². The lowest BCUT2D eigenvalue weighted by atomic mass is 10.1. The van der Waals surface area contributed by atoms with E-state index in [2.05, 4.69) is 5.32 Å². The van der Waals surface area contributed by atoms with E-state index in [0.717, 1.165) is 6.54 Å². The Morgan fingerprint density at radius 2 is 2.13 bits per heavy atom. The van der Waals surface area contributed by atoms with Gasteiger partial charge in [0.15, 0.2) is 0 Å². The van der Waals surface area contributed by atoms with Gasteiger partial charge >= 0.3 is 0 Å². The van der Waals surface area contributed by atoms with Crippen molar-refractivity contribution in [1.82, 2.24) is 5.32 Å². The second-order valence-corrected chi connectivity index (χ2v) is 3.89. The molecule has 0 aromatic heterocycles. The highest BCUT2D eigenvalue weighted by molar-refractivity contribution is 5.22. The standard InChI is InChI=1S/C11H14FNO2/c12-9-1-3-10(4-2-9)15-8-11(14)5-6-13-7-11/h1-4,13-14H,5-8H2/t11-/m1/s1. The van der Waals surface area contributed by atoms with E-state index in [-0.39, 0.29) is 12.4 Å². The van der Waals surface area contributed by atoms with Crippen molar-refractivity contribution in [1.29, 1.82) is 0 Å². The first kappa shape index (κ1) is 10.4. The van der Waals surface area contributed by atoms with E-state index < -0.39 is 5.60 Å². The third-order valence-corrected chi connectivity index (χ3v) is 2.54. The molecule has 0 spiro atoms. The zero-order valence-corrected chi connectivity index (χ0v) is 8.37. The maximum atomic E-state index is 12.6. The molecular weight excluding hydrogens is 197 g/mol. The van der Waals surface area contributed by atoms with Crippen molar-refractivity contribution >= 4 is 0 Å². The van der Waals surface area contributed by atoms with Gasteiger partial charge in [0.25, 0.3) is 0 Å². The van der Waals surface area contributed by atoms with E-state index in [4.69, 9.17) is 4.74 Å². The number of rotatable bonds is 3. The van der Waals surface area contributed by atoms with Crippen LogP contribution in [0.1, 0.15) is 6.42 Å². The van der Waals surface area contributed by atoms with Gasteiger partial charge in [-0.05, 0) is 37.2 Å². The van der Waals surface area contributed by atoms with Crippen LogP contribution in [0.15, 0.2) is 24.3 Å². The van der Waals surface area contributed by atoms with Crippen LogP contribution < -0.4 is 10.1 Å². The highest BCUT2D eigenvalue weighted by Crippen LogP contribution is 2.17. The summed E-state index contributed by atoms with van der Waals surface area (Å²) in [6, 6.07) is 5.79. The second-order valence-electron chi connectivity index (χ2n) is 3.89. The van der Waals surface area contributed by atoms with Crippen LogP contribution in [0.5, 0.6) is 5.75 Å². The van der Waals surface area contributed by atoms with Gasteiger partial charge in [-0.15, -0.1) is 0 Å². The summed E-state index contributed by atoms with van der Waals surface area (Å²) in [5.74, 6) is 0.292. The van der Waals surface area contributed by atoms with Crippen molar-refractivity contribution in [2.24, 2.45) is 0 Å². The molecule has 1 fully saturated rings. The molecule has 1 saturated heterocycles. The zero-order chi connectivity index (χ0) is 10.7. The molecule has 0 saturated carbocycles. The van der Waals surface area contributed by atoms with Crippen molar-refractivity contribution in [3.8, 4) is 5.75 Å². The third kappa shape index (κ3) is 2.67. The molecule has 2 rings (SSSR count). The summed E-state index contributed by atoms with van der Waals surface area (Å²) in [6.45, 7) is 1.60. The number of aliphatic hydroxyl groups is 1. The third-order valence-electron chi connectivity index (χ3n) is 2.54. The number of hydrogen-bond donors (Lipinski definition) is 2. The average molecular weight is 211 g/mol. The molecular formula is C11H14FNO2. The number of benzene rings is 1. The molecule has 4 heteroatoms. The highest BCUT2D eigenvalue weighted by Gasteiger charge is 2.31. The Kier molecular flexibility index (Phi) is 2.88. The van der Waals surface area contributed by atoms with E-state index in [1.54, 1.807) is 12.1 Å². The first-order valence-corrected chi connectivity index (χ1v) is 4.99. The minimum Gasteiger partial charge on any atom is -0.491 e.